The van der Waals surface area contributed by atoms with Gasteiger partial charge in [-0.3, -0.25) is 0 Å². The van der Waals surface area contributed by atoms with Gasteiger partial charge in [0.1, 0.15) is 62.8 Å². The van der Waals surface area contributed by atoms with Crippen LogP contribution >= 0.6 is 0 Å². The minimum absolute atomic E-state index is 1.25. The van der Waals surface area contributed by atoms with Crippen molar-refractivity contribution in [3.63, 3.8) is 0 Å². The van der Waals surface area contributed by atoms with Gasteiger partial charge >= 0.3 is 0 Å². The van der Waals surface area contributed by atoms with E-state index in [1.54, 1.807) is 0 Å². The monoisotopic (exact) mass is 552 g/mol. The Morgan fingerprint density at radius 3 is 1.18 bits per heavy atom. The quantitative estimate of drug-likeness (QED) is 0.156. The normalized spacial score (nSPS) is 11.5. The van der Waals surface area contributed by atoms with Crippen LogP contribution < -0.4 is 43.7 Å². The lowest BCUT2D eigenvalue weighted by atomic mass is 9.59. The highest BCUT2D eigenvalue weighted by Crippen LogP contribution is 2.43. The van der Waals surface area contributed by atoms with Crippen LogP contribution in [0.4, 0.5) is 0 Å². The summed E-state index contributed by atoms with van der Waals surface area (Å²) < 4.78 is 0. The first-order chi connectivity index (χ1) is 21.2. The van der Waals surface area contributed by atoms with E-state index in [1.807, 2.05) is 0 Å². The first kappa shape index (κ1) is 28.6. The van der Waals surface area contributed by atoms with E-state index in [4.69, 9.17) is 0 Å². The van der Waals surface area contributed by atoms with Crippen LogP contribution in [0.25, 0.3) is 65.7 Å². The lowest BCUT2D eigenvalue weighted by Crippen LogP contribution is -2.50. The summed E-state index contributed by atoms with van der Waals surface area (Å²) in [5, 5.41) is 8.11. The molecular formula is C36H32B8. The van der Waals surface area contributed by atoms with Crippen LogP contribution in [0.5, 0.6) is 0 Å². The molecule has 0 N–H and O–H groups in total. The summed E-state index contributed by atoms with van der Waals surface area (Å²) in [6, 6.07) is 35.7. The van der Waals surface area contributed by atoms with Crippen molar-refractivity contribution in [2.45, 2.75) is 0 Å². The van der Waals surface area contributed by atoms with E-state index in [0.717, 1.165) is 0 Å². The molecule has 0 heterocycles. The Labute approximate surface area is 268 Å². The standard InChI is InChI=1S/C36H32B8/c37-29-25-23(18-11-5-2-6-12-18)26-28(32(40)36(44)34(42)30(26)38)24(27(25)31(39)35(43)33(29)41)20-15-19-13-7-8-14-21(19)22(16-20)17-9-3-1-4-10-17/h1-16H,37-44H2. The van der Waals surface area contributed by atoms with E-state index in [9.17, 15) is 0 Å². The molecule has 0 spiro atoms. The molecule has 0 saturated heterocycles. The fourth-order valence-corrected chi connectivity index (χ4v) is 7.62. The van der Waals surface area contributed by atoms with Crippen LogP contribution in [-0.2, 0) is 0 Å². The maximum Gasteiger partial charge on any atom is 0.139 e. The van der Waals surface area contributed by atoms with Gasteiger partial charge in [-0.05, 0) is 77.8 Å². The van der Waals surface area contributed by atoms with Gasteiger partial charge in [-0.25, -0.2) is 0 Å². The molecule has 0 nitrogen and oxygen atoms in total. The van der Waals surface area contributed by atoms with Gasteiger partial charge in [0.05, 0.1) is 0 Å². The summed E-state index contributed by atoms with van der Waals surface area (Å²) in [7, 11) is 18.6. The molecule has 0 aliphatic carbocycles. The Morgan fingerprint density at radius 2 is 0.705 bits per heavy atom. The number of hydrogen-bond donors (Lipinski definition) is 0. The molecule has 0 atom stereocenters. The Hall–Kier alpha value is -4.16. The summed E-state index contributed by atoms with van der Waals surface area (Å²) in [5.74, 6) is 0. The Kier molecular flexibility index (Phi) is 7.00. The minimum Gasteiger partial charge on any atom is -0.101 e. The summed E-state index contributed by atoms with van der Waals surface area (Å²) >= 11 is 0. The molecule has 44 heavy (non-hydrogen) atoms. The Morgan fingerprint density at radius 1 is 0.318 bits per heavy atom. The number of fused-ring (bicyclic) bond motifs is 3. The van der Waals surface area contributed by atoms with Crippen molar-refractivity contribution in [1.29, 1.82) is 0 Å². The Balaban J connectivity index is 1.81. The zero-order chi connectivity index (χ0) is 30.9. The molecule has 7 rings (SSSR count). The summed E-state index contributed by atoms with van der Waals surface area (Å²) in [6.45, 7) is 0. The van der Waals surface area contributed by atoms with Gasteiger partial charge in [-0.15, -0.1) is 21.9 Å². The molecular weight excluding hydrogens is 519 g/mol. The van der Waals surface area contributed by atoms with Gasteiger partial charge in [0.15, 0.2) is 0 Å². The molecule has 0 aliphatic rings. The number of benzene rings is 7. The van der Waals surface area contributed by atoms with Gasteiger partial charge in [-0.2, -0.15) is 0 Å². The topological polar surface area (TPSA) is 0 Å². The first-order valence-corrected chi connectivity index (χ1v) is 15.8. The molecule has 8 heteroatoms. The highest BCUT2D eigenvalue weighted by atomic mass is 14.2. The van der Waals surface area contributed by atoms with E-state index in [2.05, 4.69) is 160 Å². The molecule has 0 aromatic heterocycles. The molecule has 0 unspecified atom stereocenters. The molecule has 7 aromatic rings. The summed E-state index contributed by atoms with van der Waals surface area (Å²) in [5.41, 5.74) is 18.9. The third-order valence-electron chi connectivity index (χ3n) is 10.7. The molecule has 0 radical (unpaired) electrons. The van der Waals surface area contributed by atoms with Crippen molar-refractivity contribution in [3.8, 4) is 33.4 Å². The maximum absolute atomic E-state index is 2.46. The minimum atomic E-state index is 1.25. The fourth-order valence-electron chi connectivity index (χ4n) is 7.62. The van der Waals surface area contributed by atoms with Gasteiger partial charge in [0, 0.05) is 0 Å². The largest absolute Gasteiger partial charge is 0.139 e. The van der Waals surface area contributed by atoms with Crippen LogP contribution in [0.1, 0.15) is 0 Å². The highest BCUT2D eigenvalue weighted by Gasteiger charge is 2.25. The van der Waals surface area contributed by atoms with Crippen LogP contribution in [0, 0.1) is 0 Å². The summed E-state index contributed by atoms with van der Waals surface area (Å²) in [4.78, 5) is 0. The van der Waals surface area contributed by atoms with E-state index >= 15 is 0 Å². The van der Waals surface area contributed by atoms with Gasteiger partial charge in [0.2, 0.25) is 0 Å². The summed E-state index contributed by atoms with van der Waals surface area (Å²) in [6.07, 6.45) is 0. The predicted molar refractivity (Wildman–Crippen MR) is 221 cm³/mol. The van der Waals surface area contributed by atoms with Gasteiger partial charge in [0.25, 0.3) is 0 Å². The molecule has 0 aliphatic heterocycles. The Bertz CT molecular complexity index is 2210. The van der Waals surface area contributed by atoms with E-state index in [-0.39, 0.29) is 0 Å². The van der Waals surface area contributed by atoms with Crippen LogP contribution in [0.2, 0.25) is 0 Å². The molecule has 0 bridgehead atoms. The lowest BCUT2D eigenvalue weighted by molar-refractivity contribution is 1.64. The molecule has 0 fully saturated rings. The molecule has 200 valence electrons. The zero-order valence-electron chi connectivity index (χ0n) is 27.2. The molecule has 0 saturated carbocycles. The number of rotatable bonds is 3. The smallest absolute Gasteiger partial charge is 0.101 e. The first-order valence-electron chi connectivity index (χ1n) is 15.8. The fraction of sp³-hybridized carbons (Fsp3) is 0. The van der Waals surface area contributed by atoms with E-state index in [0.29, 0.717) is 0 Å². The third-order valence-corrected chi connectivity index (χ3v) is 10.7. The lowest BCUT2D eigenvalue weighted by Gasteiger charge is -2.28. The van der Waals surface area contributed by atoms with Gasteiger partial charge < -0.3 is 0 Å². The van der Waals surface area contributed by atoms with E-state index < -0.39 is 0 Å². The average Bonchev–Trinajstić information content (AvgIpc) is 3.06. The third kappa shape index (κ3) is 4.18. The zero-order valence-corrected chi connectivity index (χ0v) is 27.2. The van der Waals surface area contributed by atoms with Crippen molar-refractivity contribution in [1.82, 2.24) is 0 Å². The van der Waals surface area contributed by atoms with Crippen molar-refractivity contribution in [2.24, 2.45) is 0 Å². The number of hydrogen-bond acceptors (Lipinski definition) is 0. The van der Waals surface area contributed by atoms with Crippen LogP contribution in [-0.4, -0.2) is 62.8 Å². The van der Waals surface area contributed by atoms with Gasteiger partial charge in [-0.1, -0.05) is 107 Å². The highest BCUT2D eigenvalue weighted by molar-refractivity contribution is 6.71. The molecule has 7 aromatic carbocycles. The predicted octanol–water partition coefficient (Wildman–Crippen LogP) is -3.79. The second-order valence-corrected chi connectivity index (χ2v) is 12.7. The average molecular weight is 551 g/mol. The molecule has 0 amide bonds. The van der Waals surface area contributed by atoms with Crippen molar-refractivity contribution >= 4 is 139 Å². The van der Waals surface area contributed by atoms with Crippen molar-refractivity contribution in [3.05, 3.63) is 97.1 Å². The maximum atomic E-state index is 2.46. The SMILES string of the molecule is Bc1c(B)c(B)c2c(-c3cc(-c4ccccc4)c4ccccc4c3)c3c(B)c(B)c(B)c(B)c3c(-c3ccccc3)c2c1B. The van der Waals surface area contributed by atoms with Crippen molar-refractivity contribution in [2.75, 3.05) is 0 Å². The second kappa shape index (κ2) is 10.8. The second-order valence-electron chi connectivity index (χ2n) is 12.7. The van der Waals surface area contributed by atoms with E-state index in [1.165, 1.54) is 109 Å². The van der Waals surface area contributed by atoms with Crippen LogP contribution in [0.3, 0.4) is 0 Å². The van der Waals surface area contributed by atoms with Crippen LogP contribution in [0.15, 0.2) is 97.1 Å². The van der Waals surface area contributed by atoms with Crippen molar-refractivity contribution < 1.29 is 0 Å².